The van der Waals surface area contributed by atoms with Gasteiger partial charge in [-0.3, -0.25) is 15.0 Å². The molecular formula is C14H20N2O3. The maximum atomic E-state index is 10.6. The molecule has 2 rings (SSSR count). The Balaban J connectivity index is 2.05. The van der Waals surface area contributed by atoms with Gasteiger partial charge in [-0.05, 0) is 30.9 Å². The number of piperidine rings is 1. The van der Waals surface area contributed by atoms with Gasteiger partial charge >= 0.3 is 0 Å². The third-order valence-electron chi connectivity index (χ3n) is 3.95. The molecule has 1 aromatic rings. The van der Waals surface area contributed by atoms with Crippen molar-refractivity contribution in [2.24, 2.45) is 5.92 Å². The van der Waals surface area contributed by atoms with E-state index < -0.39 is 0 Å². The van der Waals surface area contributed by atoms with E-state index in [0.29, 0.717) is 5.92 Å². The maximum Gasteiger partial charge on any atom is 0.269 e. The quantitative estimate of drug-likeness (QED) is 0.668. The van der Waals surface area contributed by atoms with Crippen LogP contribution in [0.5, 0.6) is 0 Å². The summed E-state index contributed by atoms with van der Waals surface area (Å²) in [4.78, 5) is 12.5. The fraction of sp³-hybridized carbons (Fsp3) is 0.571. The second-order valence-corrected chi connectivity index (χ2v) is 5.26. The predicted molar refractivity (Wildman–Crippen MR) is 72.8 cm³/mol. The number of nitro benzene ring substituents is 1. The van der Waals surface area contributed by atoms with Crippen LogP contribution in [0.15, 0.2) is 24.3 Å². The summed E-state index contributed by atoms with van der Waals surface area (Å²) < 4.78 is 0. The first-order chi connectivity index (χ1) is 9.11. The number of aliphatic hydroxyl groups is 1. The summed E-state index contributed by atoms with van der Waals surface area (Å²) in [5.74, 6) is 0.497. The van der Waals surface area contributed by atoms with Crippen LogP contribution in [0.4, 0.5) is 5.69 Å². The van der Waals surface area contributed by atoms with Gasteiger partial charge in [0.15, 0.2) is 0 Å². The minimum absolute atomic E-state index is 0.120. The van der Waals surface area contributed by atoms with Crippen molar-refractivity contribution in [2.45, 2.75) is 32.4 Å². The first kappa shape index (κ1) is 14.0. The van der Waals surface area contributed by atoms with Gasteiger partial charge in [-0.15, -0.1) is 0 Å². The topological polar surface area (TPSA) is 66.6 Å². The van der Waals surface area contributed by atoms with Crippen LogP contribution in [0.2, 0.25) is 0 Å². The van der Waals surface area contributed by atoms with E-state index in [-0.39, 0.29) is 23.3 Å². The molecule has 0 radical (unpaired) electrons. The molecule has 1 aliphatic heterocycles. The molecule has 0 aromatic heterocycles. The van der Waals surface area contributed by atoms with Crippen LogP contribution in [0.1, 0.15) is 25.3 Å². The summed E-state index contributed by atoms with van der Waals surface area (Å²) in [5, 5.41) is 20.1. The van der Waals surface area contributed by atoms with Crippen LogP contribution < -0.4 is 0 Å². The highest BCUT2D eigenvalue weighted by Crippen LogP contribution is 2.25. The number of hydrogen-bond acceptors (Lipinski definition) is 4. The summed E-state index contributed by atoms with van der Waals surface area (Å²) in [6.45, 7) is 4.07. The van der Waals surface area contributed by atoms with Crippen LogP contribution in [-0.4, -0.2) is 34.1 Å². The van der Waals surface area contributed by atoms with Crippen molar-refractivity contribution in [1.82, 2.24) is 4.90 Å². The Morgan fingerprint density at radius 3 is 2.68 bits per heavy atom. The summed E-state index contributed by atoms with van der Waals surface area (Å²) in [6, 6.07) is 6.87. The summed E-state index contributed by atoms with van der Waals surface area (Å²) in [7, 11) is 0. The Bertz CT molecular complexity index is 433. The number of hydrogen-bond donors (Lipinski definition) is 1. The zero-order chi connectivity index (χ0) is 13.8. The Kier molecular flexibility index (Phi) is 4.50. The molecule has 0 spiro atoms. The molecule has 0 aliphatic carbocycles. The van der Waals surface area contributed by atoms with Gasteiger partial charge in [0, 0.05) is 24.7 Å². The number of non-ortho nitro benzene ring substituents is 1. The van der Waals surface area contributed by atoms with Crippen molar-refractivity contribution in [3.05, 3.63) is 39.9 Å². The molecule has 2 atom stereocenters. The van der Waals surface area contributed by atoms with Crippen molar-refractivity contribution in [3.63, 3.8) is 0 Å². The number of benzene rings is 1. The molecule has 1 N–H and O–H groups in total. The number of aliphatic hydroxyl groups excluding tert-OH is 1. The Hall–Kier alpha value is -1.46. The lowest BCUT2D eigenvalue weighted by Crippen LogP contribution is -2.45. The van der Waals surface area contributed by atoms with Gasteiger partial charge in [0.1, 0.15) is 0 Å². The second-order valence-electron chi connectivity index (χ2n) is 5.26. The fourth-order valence-corrected chi connectivity index (χ4v) is 2.78. The Morgan fingerprint density at radius 1 is 1.42 bits per heavy atom. The lowest BCUT2D eigenvalue weighted by Gasteiger charge is -2.39. The van der Waals surface area contributed by atoms with Gasteiger partial charge in [0.25, 0.3) is 5.69 Å². The van der Waals surface area contributed by atoms with Crippen LogP contribution in [0.25, 0.3) is 0 Å². The van der Waals surface area contributed by atoms with Crippen LogP contribution in [0, 0.1) is 16.0 Å². The molecule has 5 nitrogen and oxygen atoms in total. The lowest BCUT2D eigenvalue weighted by molar-refractivity contribution is -0.384. The van der Waals surface area contributed by atoms with E-state index in [2.05, 4.69) is 11.8 Å². The molecule has 1 fully saturated rings. The van der Waals surface area contributed by atoms with Gasteiger partial charge in [0.2, 0.25) is 0 Å². The minimum atomic E-state index is -0.386. The van der Waals surface area contributed by atoms with E-state index in [1.807, 2.05) is 0 Å². The first-order valence-corrected chi connectivity index (χ1v) is 6.70. The molecular weight excluding hydrogens is 244 g/mol. The SMILES string of the molecule is CC1CCCN(Cc2ccc([N+](=O)[O-])cc2)C1CO. The molecule has 2 unspecified atom stereocenters. The van der Waals surface area contributed by atoms with E-state index in [1.54, 1.807) is 12.1 Å². The lowest BCUT2D eigenvalue weighted by atomic mass is 9.91. The van der Waals surface area contributed by atoms with E-state index in [0.717, 1.165) is 31.5 Å². The maximum absolute atomic E-state index is 10.6. The minimum Gasteiger partial charge on any atom is -0.395 e. The van der Waals surface area contributed by atoms with Crippen molar-refractivity contribution < 1.29 is 10.0 Å². The number of likely N-dealkylation sites (tertiary alicyclic amines) is 1. The first-order valence-electron chi connectivity index (χ1n) is 6.70. The zero-order valence-electron chi connectivity index (χ0n) is 11.2. The molecule has 104 valence electrons. The number of nitro groups is 1. The van der Waals surface area contributed by atoms with Crippen LogP contribution >= 0.6 is 0 Å². The monoisotopic (exact) mass is 264 g/mol. The molecule has 1 aliphatic rings. The van der Waals surface area contributed by atoms with Gasteiger partial charge in [-0.2, -0.15) is 0 Å². The fourth-order valence-electron chi connectivity index (χ4n) is 2.78. The van der Waals surface area contributed by atoms with Crippen molar-refractivity contribution in [3.8, 4) is 0 Å². The average Bonchev–Trinajstić information content (AvgIpc) is 2.39. The smallest absolute Gasteiger partial charge is 0.269 e. The van der Waals surface area contributed by atoms with Crippen LogP contribution in [0.3, 0.4) is 0 Å². The van der Waals surface area contributed by atoms with E-state index in [9.17, 15) is 15.2 Å². The third kappa shape index (κ3) is 3.30. The normalized spacial score (nSPS) is 24.3. The van der Waals surface area contributed by atoms with E-state index in [1.165, 1.54) is 12.1 Å². The summed E-state index contributed by atoms with van der Waals surface area (Å²) in [5.41, 5.74) is 1.17. The molecule has 0 saturated carbocycles. The highest BCUT2D eigenvalue weighted by Gasteiger charge is 2.27. The van der Waals surface area contributed by atoms with Crippen molar-refractivity contribution in [2.75, 3.05) is 13.2 Å². The van der Waals surface area contributed by atoms with E-state index in [4.69, 9.17) is 0 Å². The van der Waals surface area contributed by atoms with Crippen molar-refractivity contribution >= 4 is 5.69 Å². The van der Waals surface area contributed by atoms with Crippen molar-refractivity contribution in [1.29, 1.82) is 0 Å². The predicted octanol–water partition coefficient (Wildman–Crippen LogP) is 2.19. The van der Waals surface area contributed by atoms with Gasteiger partial charge < -0.3 is 5.11 Å². The molecule has 0 bridgehead atoms. The van der Waals surface area contributed by atoms with Gasteiger partial charge in [0.05, 0.1) is 11.5 Å². The Labute approximate surface area is 113 Å². The van der Waals surface area contributed by atoms with Crippen LogP contribution in [-0.2, 0) is 6.54 Å². The van der Waals surface area contributed by atoms with Gasteiger partial charge in [-0.25, -0.2) is 0 Å². The standard InChI is InChI=1S/C14H20N2O3/c1-11-3-2-8-15(14(11)10-17)9-12-4-6-13(7-5-12)16(18)19/h4-7,11,14,17H,2-3,8-10H2,1H3. The van der Waals surface area contributed by atoms with E-state index >= 15 is 0 Å². The number of rotatable bonds is 4. The molecule has 1 aromatic carbocycles. The Morgan fingerprint density at radius 2 is 2.11 bits per heavy atom. The molecule has 19 heavy (non-hydrogen) atoms. The second kappa shape index (κ2) is 6.12. The third-order valence-corrected chi connectivity index (χ3v) is 3.95. The van der Waals surface area contributed by atoms with Gasteiger partial charge in [-0.1, -0.05) is 19.1 Å². The molecule has 5 heteroatoms. The molecule has 0 amide bonds. The summed E-state index contributed by atoms with van der Waals surface area (Å²) in [6.07, 6.45) is 2.30. The number of nitrogens with zero attached hydrogens (tertiary/aromatic N) is 2. The highest BCUT2D eigenvalue weighted by atomic mass is 16.6. The molecule has 1 heterocycles. The zero-order valence-corrected chi connectivity index (χ0v) is 11.2. The largest absolute Gasteiger partial charge is 0.395 e. The summed E-state index contributed by atoms with van der Waals surface area (Å²) >= 11 is 0. The molecule has 1 saturated heterocycles. The highest BCUT2D eigenvalue weighted by molar-refractivity contribution is 5.32. The average molecular weight is 264 g/mol.